The zero-order valence-corrected chi connectivity index (χ0v) is 13.7. The van der Waals surface area contributed by atoms with Crippen LogP contribution in [0, 0.1) is 0 Å². The highest BCUT2D eigenvalue weighted by atomic mass is 35.5. The van der Waals surface area contributed by atoms with Crippen molar-refractivity contribution >= 4 is 35.3 Å². The van der Waals surface area contributed by atoms with Gasteiger partial charge in [-0.3, -0.25) is 9.59 Å². The number of nitrogens with zero attached hydrogens (tertiary/aromatic N) is 1. The Labute approximate surface area is 144 Å². The molecule has 2 rings (SSSR count). The predicted molar refractivity (Wildman–Crippen MR) is 93.4 cm³/mol. The average Bonchev–Trinajstić information content (AvgIpc) is 2.56. The van der Waals surface area contributed by atoms with Crippen LogP contribution >= 0.6 is 11.6 Å². The fourth-order valence-electron chi connectivity index (χ4n) is 1.79. The average molecular weight is 346 g/mol. The van der Waals surface area contributed by atoms with Crippen LogP contribution in [0.3, 0.4) is 0 Å². The first kappa shape index (κ1) is 17.5. The van der Waals surface area contributed by atoms with E-state index in [-0.39, 0.29) is 0 Å². The van der Waals surface area contributed by atoms with Gasteiger partial charge in [0.2, 0.25) is 0 Å². The van der Waals surface area contributed by atoms with Crippen molar-refractivity contribution < 1.29 is 14.3 Å². The van der Waals surface area contributed by atoms with E-state index in [9.17, 15) is 9.59 Å². The minimum atomic E-state index is -0.878. The van der Waals surface area contributed by atoms with Crippen LogP contribution in [0.4, 0.5) is 5.69 Å². The fraction of sp³-hybridized carbons (Fsp3) is 0.118. The number of anilines is 1. The van der Waals surface area contributed by atoms with Gasteiger partial charge in [-0.15, -0.1) is 0 Å². The Bertz CT molecular complexity index is 745. The van der Waals surface area contributed by atoms with E-state index in [1.54, 1.807) is 42.5 Å². The molecule has 0 aliphatic rings. The molecule has 0 atom stereocenters. The van der Waals surface area contributed by atoms with Crippen molar-refractivity contribution in [1.29, 1.82) is 0 Å². The first-order valence-corrected chi connectivity index (χ1v) is 7.59. The van der Waals surface area contributed by atoms with Gasteiger partial charge in [-0.2, -0.15) is 5.10 Å². The Balaban J connectivity index is 1.86. The maximum Gasteiger partial charge on any atom is 0.329 e. The molecule has 0 radical (unpaired) electrons. The maximum absolute atomic E-state index is 11.7. The van der Waals surface area contributed by atoms with E-state index < -0.39 is 11.8 Å². The molecule has 0 aliphatic heterocycles. The predicted octanol–water partition coefficient (Wildman–Crippen LogP) is 2.83. The zero-order chi connectivity index (χ0) is 17.4. The molecule has 124 valence electrons. The van der Waals surface area contributed by atoms with Crippen LogP contribution in [0.25, 0.3) is 0 Å². The SMILES string of the molecule is CCOc1ccc(/C=N\NC(=O)C(=O)Nc2cccc(Cl)c2)cc1. The topological polar surface area (TPSA) is 79.8 Å². The molecule has 0 saturated heterocycles. The summed E-state index contributed by atoms with van der Waals surface area (Å²) in [7, 11) is 0. The van der Waals surface area contributed by atoms with Crippen LogP contribution < -0.4 is 15.5 Å². The Hall–Kier alpha value is -2.86. The molecule has 2 N–H and O–H groups in total. The van der Waals surface area contributed by atoms with Crippen molar-refractivity contribution in [3.63, 3.8) is 0 Å². The summed E-state index contributed by atoms with van der Waals surface area (Å²) in [5, 5.41) is 6.63. The number of nitrogens with one attached hydrogen (secondary N) is 2. The van der Waals surface area contributed by atoms with Crippen LogP contribution in [-0.4, -0.2) is 24.6 Å². The number of halogens is 1. The van der Waals surface area contributed by atoms with Crippen LogP contribution in [0.15, 0.2) is 53.6 Å². The lowest BCUT2D eigenvalue weighted by atomic mass is 10.2. The minimum absolute atomic E-state index is 0.429. The van der Waals surface area contributed by atoms with Crippen LogP contribution in [0.2, 0.25) is 5.02 Å². The number of carbonyl (C=O) groups is 2. The Kier molecular flexibility index (Phi) is 6.33. The molecule has 0 aliphatic carbocycles. The number of amides is 2. The summed E-state index contributed by atoms with van der Waals surface area (Å²) in [6.07, 6.45) is 1.43. The highest BCUT2D eigenvalue weighted by Crippen LogP contribution is 2.14. The summed E-state index contributed by atoms with van der Waals surface area (Å²) in [4.78, 5) is 23.4. The van der Waals surface area contributed by atoms with Crippen molar-refractivity contribution in [2.75, 3.05) is 11.9 Å². The molecular weight excluding hydrogens is 330 g/mol. The summed E-state index contributed by atoms with van der Waals surface area (Å²) < 4.78 is 5.32. The molecule has 0 bridgehead atoms. The molecule has 24 heavy (non-hydrogen) atoms. The van der Waals surface area contributed by atoms with Crippen molar-refractivity contribution in [1.82, 2.24) is 5.43 Å². The quantitative estimate of drug-likeness (QED) is 0.497. The monoisotopic (exact) mass is 345 g/mol. The van der Waals surface area contributed by atoms with Crippen molar-refractivity contribution in [3.05, 3.63) is 59.1 Å². The second-order valence-electron chi connectivity index (χ2n) is 4.67. The van der Waals surface area contributed by atoms with E-state index in [0.29, 0.717) is 17.3 Å². The van der Waals surface area contributed by atoms with Gasteiger partial charge < -0.3 is 10.1 Å². The largest absolute Gasteiger partial charge is 0.494 e. The first-order valence-electron chi connectivity index (χ1n) is 7.21. The first-order chi connectivity index (χ1) is 11.6. The highest BCUT2D eigenvalue weighted by Gasteiger charge is 2.12. The van der Waals surface area contributed by atoms with Gasteiger partial charge in [0.25, 0.3) is 0 Å². The van der Waals surface area contributed by atoms with Crippen molar-refractivity contribution in [2.45, 2.75) is 6.92 Å². The third kappa shape index (κ3) is 5.40. The van der Waals surface area contributed by atoms with Crippen LogP contribution in [-0.2, 0) is 9.59 Å². The van der Waals surface area contributed by atoms with Gasteiger partial charge >= 0.3 is 11.8 Å². The Morgan fingerprint density at radius 3 is 2.58 bits per heavy atom. The third-order valence-electron chi connectivity index (χ3n) is 2.86. The molecule has 0 fully saturated rings. The number of benzene rings is 2. The Morgan fingerprint density at radius 2 is 1.92 bits per heavy atom. The summed E-state index contributed by atoms with van der Waals surface area (Å²) in [5.41, 5.74) is 3.35. The van der Waals surface area contributed by atoms with Crippen LogP contribution in [0.5, 0.6) is 5.75 Å². The number of carbonyl (C=O) groups excluding carboxylic acids is 2. The van der Waals surface area contributed by atoms with Gasteiger partial charge in [-0.1, -0.05) is 17.7 Å². The molecule has 2 aromatic carbocycles. The smallest absolute Gasteiger partial charge is 0.329 e. The fourth-order valence-corrected chi connectivity index (χ4v) is 1.98. The van der Waals surface area contributed by atoms with Gasteiger partial charge in [0.1, 0.15) is 5.75 Å². The lowest BCUT2D eigenvalue weighted by molar-refractivity contribution is -0.136. The van der Waals surface area contributed by atoms with Crippen molar-refractivity contribution in [3.8, 4) is 5.75 Å². The van der Waals surface area contributed by atoms with Crippen LogP contribution in [0.1, 0.15) is 12.5 Å². The maximum atomic E-state index is 11.7. The number of hydrazone groups is 1. The van der Waals surface area contributed by atoms with E-state index in [0.717, 1.165) is 11.3 Å². The summed E-state index contributed by atoms with van der Waals surface area (Å²) in [6, 6.07) is 13.6. The summed E-state index contributed by atoms with van der Waals surface area (Å²) in [6.45, 7) is 2.49. The van der Waals surface area contributed by atoms with Gasteiger partial charge in [-0.25, -0.2) is 5.43 Å². The lowest BCUT2D eigenvalue weighted by Gasteiger charge is -2.04. The van der Waals surface area contributed by atoms with E-state index >= 15 is 0 Å². The molecule has 0 unspecified atom stereocenters. The van der Waals surface area contributed by atoms with E-state index in [4.69, 9.17) is 16.3 Å². The minimum Gasteiger partial charge on any atom is -0.494 e. The molecule has 0 spiro atoms. The van der Waals surface area contributed by atoms with E-state index in [1.165, 1.54) is 12.3 Å². The molecule has 0 aromatic heterocycles. The number of hydrogen-bond acceptors (Lipinski definition) is 4. The molecule has 7 heteroatoms. The molecule has 6 nitrogen and oxygen atoms in total. The second-order valence-corrected chi connectivity index (χ2v) is 5.10. The number of ether oxygens (including phenoxy) is 1. The van der Waals surface area contributed by atoms with E-state index in [2.05, 4.69) is 15.8 Å². The molecule has 2 aromatic rings. The van der Waals surface area contributed by atoms with Gasteiger partial charge in [0.05, 0.1) is 12.8 Å². The van der Waals surface area contributed by atoms with Gasteiger partial charge in [-0.05, 0) is 55.0 Å². The molecule has 0 heterocycles. The summed E-state index contributed by atoms with van der Waals surface area (Å²) >= 11 is 5.81. The van der Waals surface area contributed by atoms with Gasteiger partial charge in [0, 0.05) is 10.7 Å². The summed E-state index contributed by atoms with van der Waals surface area (Å²) in [5.74, 6) is -0.960. The number of rotatable bonds is 5. The lowest BCUT2D eigenvalue weighted by Crippen LogP contribution is -2.32. The van der Waals surface area contributed by atoms with Gasteiger partial charge in [0.15, 0.2) is 0 Å². The third-order valence-corrected chi connectivity index (χ3v) is 3.09. The Morgan fingerprint density at radius 1 is 1.17 bits per heavy atom. The van der Waals surface area contributed by atoms with E-state index in [1.807, 2.05) is 6.92 Å². The zero-order valence-electron chi connectivity index (χ0n) is 13.0. The molecule has 0 saturated carbocycles. The molecular formula is C17H16ClN3O3. The molecule has 2 amide bonds. The standard InChI is InChI=1S/C17H16ClN3O3/c1-2-24-15-8-6-12(7-9-15)11-19-21-17(23)16(22)20-14-5-3-4-13(18)10-14/h3-11H,2H2,1H3,(H,20,22)(H,21,23)/b19-11-. The normalized spacial score (nSPS) is 10.4. The highest BCUT2D eigenvalue weighted by molar-refractivity contribution is 6.39. The second kappa shape index (κ2) is 8.69. The van der Waals surface area contributed by atoms with Crippen molar-refractivity contribution in [2.24, 2.45) is 5.10 Å². The number of hydrogen-bond donors (Lipinski definition) is 2.